The number of likely N-dealkylation sites (tertiary alicyclic amines) is 1. The molecule has 1 heterocycles. The third-order valence-corrected chi connectivity index (χ3v) is 3.55. The quantitative estimate of drug-likeness (QED) is 0.809. The molecule has 0 aliphatic carbocycles. The minimum atomic E-state index is -0.346. The summed E-state index contributed by atoms with van der Waals surface area (Å²) in [4.78, 5) is 25.3. The van der Waals surface area contributed by atoms with Crippen LogP contribution in [0.25, 0.3) is 0 Å². The maximum Gasteiger partial charge on any atom is 0.225 e. The second-order valence-corrected chi connectivity index (χ2v) is 7.00. The third-order valence-electron chi connectivity index (χ3n) is 3.55. The van der Waals surface area contributed by atoms with E-state index >= 15 is 0 Å². The highest BCUT2D eigenvalue weighted by Gasteiger charge is 2.29. The number of hydrogen-bond donors (Lipinski definition) is 2. The van der Waals surface area contributed by atoms with Crippen LogP contribution in [0.3, 0.4) is 0 Å². The Morgan fingerprint density at radius 2 is 1.90 bits per heavy atom. The van der Waals surface area contributed by atoms with Crippen LogP contribution in [0.15, 0.2) is 0 Å². The average Bonchev–Trinajstić information content (AvgIpc) is 2.26. The second-order valence-electron chi connectivity index (χ2n) is 7.00. The molecule has 2 atom stereocenters. The van der Waals surface area contributed by atoms with Crippen LogP contribution in [0, 0.1) is 11.3 Å². The van der Waals surface area contributed by atoms with E-state index in [1.54, 1.807) is 0 Å². The first-order chi connectivity index (χ1) is 9.18. The van der Waals surface area contributed by atoms with Crippen LogP contribution in [0.5, 0.6) is 0 Å². The summed E-state index contributed by atoms with van der Waals surface area (Å²) in [5.74, 6) is 0.678. The van der Waals surface area contributed by atoms with Crippen LogP contribution in [-0.4, -0.2) is 48.9 Å². The lowest BCUT2D eigenvalue weighted by atomic mass is 9.92. The molecule has 116 valence electrons. The summed E-state index contributed by atoms with van der Waals surface area (Å²) in [6.07, 6.45) is 1.03. The molecule has 0 aromatic heterocycles. The zero-order chi connectivity index (χ0) is 15.3. The SMILES string of the molecule is CC(=O)NCCN1CC(C)CC(NC(=O)C(C)(C)C)C1. The third kappa shape index (κ3) is 5.90. The molecular formula is C15H29N3O2. The molecule has 1 saturated heterocycles. The Morgan fingerprint density at radius 3 is 2.45 bits per heavy atom. The highest BCUT2D eigenvalue weighted by molar-refractivity contribution is 5.81. The fourth-order valence-corrected chi connectivity index (χ4v) is 2.54. The van der Waals surface area contributed by atoms with Gasteiger partial charge in [-0.2, -0.15) is 0 Å². The van der Waals surface area contributed by atoms with Crippen molar-refractivity contribution < 1.29 is 9.59 Å². The van der Waals surface area contributed by atoms with Crippen LogP contribution in [0.1, 0.15) is 41.0 Å². The molecule has 0 aromatic rings. The van der Waals surface area contributed by atoms with E-state index in [4.69, 9.17) is 0 Å². The molecule has 0 bridgehead atoms. The molecule has 0 saturated carbocycles. The van der Waals surface area contributed by atoms with Gasteiger partial charge in [-0.1, -0.05) is 27.7 Å². The van der Waals surface area contributed by atoms with Gasteiger partial charge in [0.25, 0.3) is 0 Å². The first-order valence-corrected chi connectivity index (χ1v) is 7.46. The zero-order valence-corrected chi connectivity index (χ0v) is 13.5. The van der Waals surface area contributed by atoms with E-state index in [0.29, 0.717) is 12.5 Å². The summed E-state index contributed by atoms with van der Waals surface area (Å²) < 4.78 is 0. The van der Waals surface area contributed by atoms with Crippen LogP contribution in [-0.2, 0) is 9.59 Å². The van der Waals surface area contributed by atoms with E-state index in [2.05, 4.69) is 22.5 Å². The fraction of sp³-hybridized carbons (Fsp3) is 0.867. The lowest BCUT2D eigenvalue weighted by molar-refractivity contribution is -0.129. The van der Waals surface area contributed by atoms with E-state index in [9.17, 15) is 9.59 Å². The van der Waals surface area contributed by atoms with Gasteiger partial charge in [0.15, 0.2) is 0 Å². The maximum atomic E-state index is 12.1. The minimum Gasteiger partial charge on any atom is -0.355 e. The van der Waals surface area contributed by atoms with E-state index in [1.165, 1.54) is 6.92 Å². The molecule has 0 spiro atoms. The van der Waals surface area contributed by atoms with Crippen molar-refractivity contribution in [2.45, 2.75) is 47.1 Å². The molecule has 2 amide bonds. The van der Waals surface area contributed by atoms with E-state index in [-0.39, 0.29) is 23.3 Å². The smallest absolute Gasteiger partial charge is 0.225 e. The Hall–Kier alpha value is -1.10. The minimum absolute atomic E-state index is 0.00708. The molecule has 20 heavy (non-hydrogen) atoms. The van der Waals surface area contributed by atoms with Crippen molar-refractivity contribution in [1.82, 2.24) is 15.5 Å². The van der Waals surface area contributed by atoms with E-state index in [1.807, 2.05) is 20.8 Å². The van der Waals surface area contributed by atoms with Crippen molar-refractivity contribution in [3.63, 3.8) is 0 Å². The zero-order valence-electron chi connectivity index (χ0n) is 13.5. The summed E-state index contributed by atoms with van der Waals surface area (Å²) in [5, 5.41) is 5.97. The van der Waals surface area contributed by atoms with Gasteiger partial charge >= 0.3 is 0 Å². The summed E-state index contributed by atoms with van der Waals surface area (Å²) in [6, 6.07) is 0.211. The lowest BCUT2D eigenvalue weighted by Gasteiger charge is -2.37. The first-order valence-electron chi connectivity index (χ1n) is 7.46. The fourth-order valence-electron chi connectivity index (χ4n) is 2.54. The standard InChI is InChI=1S/C15H29N3O2/c1-11-8-13(17-14(20)15(3,4)5)10-18(9-11)7-6-16-12(2)19/h11,13H,6-10H2,1-5H3,(H,16,19)(H,17,20). The number of piperidine rings is 1. The van der Waals surface area contributed by atoms with Gasteiger partial charge in [0.1, 0.15) is 0 Å². The van der Waals surface area contributed by atoms with Crippen molar-refractivity contribution >= 4 is 11.8 Å². The van der Waals surface area contributed by atoms with Crippen LogP contribution < -0.4 is 10.6 Å². The van der Waals surface area contributed by atoms with Gasteiger partial charge in [-0.3, -0.25) is 14.5 Å². The van der Waals surface area contributed by atoms with Crippen molar-refractivity contribution in [2.24, 2.45) is 11.3 Å². The number of rotatable bonds is 4. The lowest BCUT2D eigenvalue weighted by Crippen LogP contribution is -2.53. The molecule has 1 rings (SSSR count). The first kappa shape index (κ1) is 17.0. The normalized spacial score (nSPS) is 24.2. The maximum absolute atomic E-state index is 12.1. The number of amides is 2. The average molecular weight is 283 g/mol. The highest BCUT2D eigenvalue weighted by Crippen LogP contribution is 2.19. The van der Waals surface area contributed by atoms with Crippen molar-refractivity contribution in [3.8, 4) is 0 Å². The molecule has 1 aliphatic heterocycles. The van der Waals surface area contributed by atoms with E-state index in [0.717, 1.165) is 26.1 Å². The number of hydrogen-bond acceptors (Lipinski definition) is 3. The second kappa shape index (κ2) is 7.07. The predicted octanol–water partition coefficient (Wildman–Crippen LogP) is 0.995. The molecule has 2 unspecified atom stereocenters. The molecule has 5 heteroatoms. The van der Waals surface area contributed by atoms with Gasteiger partial charge in [0.05, 0.1) is 0 Å². The summed E-state index contributed by atoms with van der Waals surface area (Å²) >= 11 is 0. The molecule has 1 fully saturated rings. The summed E-state index contributed by atoms with van der Waals surface area (Å²) in [7, 11) is 0. The molecule has 1 aliphatic rings. The highest BCUT2D eigenvalue weighted by atomic mass is 16.2. The van der Waals surface area contributed by atoms with Crippen LogP contribution in [0.4, 0.5) is 0 Å². The van der Waals surface area contributed by atoms with Gasteiger partial charge in [-0.15, -0.1) is 0 Å². The number of nitrogens with one attached hydrogen (secondary N) is 2. The molecule has 2 N–H and O–H groups in total. The predicted molar refractivity (Wildman–Crippen MR) is 80.3 cm³/mol. The van der Waals surface area contributed by atoms with Gasteiger partial charge in [-0.05, 0) is 12.3 Å². The van der Waals surface area contributed by atoms with Crippen LogP contribution in [0.2, 0.25) is 0 Å². The Balaban J connectivity index is 2.45. The monoisotopic (exact) mass is 283 g/mol. The summed E-state index contributed by atoms with van der Waals surface area (Å²) in [6.45, 7) is 12.9. The summed E-state index contributed by atoms with van der Waals surface area (Å²) in [5.41, 5.74) is -0.346. The van der Waals surface area contributed by atoms with Gasteiger partial charge in [0.2, 0.25) is 11.8 Å². The number of nitrogens with zero attached hydrogens (tertiary/aromatic N) is 1. The molecule has 0 radical (unpaired) electrons. The largest absolute Gasteiger partial charge is 0.355 e. The molecule has 5 nitrogen and oxygen atoms in total. The van der Waals surface area contributed by atoms with Crippen molar-refractivity contribution in [1.29, 1.82) is 0 Å². The molecular weight excluding hydrogens is 254 g/mol. The Kier molecular flexibility index (Phi) is 5.99. The van der Waals surface area contributed by atoms with Crippen molar-refractivity contribution in [2.75, 3.05) is 26.2 Å². The van der Waals surface area contributed by atoms with Gasteiger partial charge in [0, 0.05) is 44.6 Å². The molecule has 0 aromatic carbocycles. The van der Waals surface area contributed by atoms with Gasteiger partial charge < -0.3 is 10.6 Å². The van der Waals surface area contributed by atoms with E-state index < -0.39 is 0 Å². The number of carbonyl (C=O) groups is 2. The Bertz CT molecular complexity index is 350. The van der Waals surface area contributed by atoms with Gasteiger partial charge in [-0.25, -0.2) is 0 Å². The Morgan fingerprint density at radius 1 is 1.25 bits per heavy atom. The number of carbonyl (C=O) groups excluding carboxylic acids is 2. The Labute approximate surface area is 122 Å². The van der Waals surface area contributed by atoms with Crippen molar-refractivity contribution in [3.05, 3.63) is 0 Å². The van der Waals surface area contributed by atoms with Crippen LogP contribution >= 0.6 is 0 Å². The topological polar surface area (TPSA) is 61.4 Å².